The summed E-state index contributed by atoms with van der Waals surface area (Å²) in [4.78, 5) is 25.3. The van der Waals surface area contributed by atoms with E-state index < -0.39 is 222 Å². The molecule has 6 saturated heterocycles. The number of ether oxygens (including phenoxy) is 11. The van der Waals surface area contributed by atoms with Crippen LogP contribution in [-0.2, 0) is 61.7 Å². The first-order valence-corrected chi connectivity index (χ1v) is 22.8. The highest BCUT2D eigenvalue weighted by molar-refractivity contribution is 5.73. The van der Waals surface area contributed by atoms with E-state index in [1.54, 1.807) is 0 Å². The Bertz CT molecular complexity index is 1710. The fourth-order valence-corrected chi connectivity index (χ4v) is 9.08. The lowest BCUT2D eigenvalue weighted by molar-refractivity contribution is -0.383. The number of nitrogens with one attached hydrogen (secondary N) is 2. The predicted molar refractivity (Wildman–Crippen MR) is 220 cm³/mol. The number of aliphatic hydroxyl groups is 16. The van der Waals surface area contributed by atoms with Gasteiger partial charge in [-0.05, 0) is 13.8 Å². The van der Waals surface area contributed by atoms with Gasteiger partial charge in [-0.15, -0.1) is 0 Å². The molecule has 30 atom stereocenters. The molecule has 1 unspecified atom stereocenters. The summed E-state index contributed by atoms with van der Waals surface area (Å²) in [5, 5.41) is 176. The fourth-order valence-electron chi connectivity index (χ4n) is 9.08. The molecular weight excluding hydrogens is 972 g/mol. The third kappa shape index (κ3) is 12.6. The molecule has 0 aromatic carbocycles. The molecule has 412 valence electrons. The van der Waals surface area contributed by atoms with Crippen molar-refractivity contribution in [3.8, 4) is 0 Å². The number of rotatable bonds is 16. The van der Waals surface area contributed by atoms with Gasteiger partial charge in [-0.25, -0.2) is 0 Å². The van der Waals surface area contributed by atoms with Gasteiger partial charge >= 0.3 is 0 Å². The molecule has 31 heteroatoms. The molecule has 0 bridgehead atoms. The first-order chi connectivity index (χ1) is 33.4. The molecule has 6 fully saturated rings. The molecule has 6 rings (SSSR count). The lowest BCUT2D eigenvalue weighted by Gasteiger charge is -2.50. The maximum atomic E-state index is 12.9. The molecule has 0 radical (unpaired) electrons. The van der Waals surface area contributed by atoms with E-state index in [9.17, 15) is 91.3 Å². The zero-order chi connectivity index (χ0) is 52.5. The van der Waals surface area contributed by atoms with E-state index >= 15 is 0 Å². The Morgan fingerprint density at radius 3 is 1.31 bits per heavy atom. The predicted octanol–water partition coefficient (Wildman–Crippen LogP) is -11.8. The minimum Gasteiger partial charge on any atom is -0.394 e. The number of carbonyl (C=O) groups is 2. The number of carbonyl (C=O) groups excluding carboxylic acids is 2. The Morgan fingerprint density at radius 1 is 0.394 bits per heavy atom. The van der Waals surface area contributed by atoms with E-state index in [2.05, 4.69) is 10.6 Å². The normalized spacial score (nSPS) is 50.8. The van der Waals surface area contributed by atoms with Gasteiger partial charge in [0.2, 0.25) is 11.8 Å². The zero-order valence-electron chi connectivity index (χ0n) is 38.6. The first-order valence-electron chi connectivity index (χ1n) is 22.8. The highest BCUT2D eigenvalue weighted by Gasteiger charge is 2.57. The van der Waals surface area contributed by atoms with E-state index in [0.29, 0.717) is 0 Å². The van der Waals surface area contributed by atoms with Crippen molar-refractivity contribution in [2.24, 2.45) is 0 Å². The Labute approximate surface area is 403 Å². The van der Waals surface area contributed by atoms with Gasteiger partial charge in [-0.3, -0.25) is 9.59 Å². The summed E-state index contributed by atoms with van der Waals surface area (Å²) in [6, 6.07) is -3.37. The lowest BCUT2D eigenvalue weighted by atomic mass is 9.94. The molecule has 6 heterocycles. The van der Waals surface area contributed by atoms with E-state index in [0.717, 1.165) is 13.8 Å². The number of amides is 2. The summed E-state index contributed by atoms with van der Waals surface area (Å²) in [7, 11) is 0. The van der Waals surface area contributed by atoms with Gasteiger partial charge in [0.15, 0.2) is 37.7 Å². The van der Waals surface area contributed by atoms with Crippen LogP contribution in [-0.4, -0.2) is 304 Å². The van der Waals surface area contributed by atoms with Crippen LogP contribution < -0.4 is 10.6 Å². The van der Waals surface area contributed by atoms with Gasteiger partial charge in [-0.2, -0.15) is 0 Å². The van der Waals surface area contributed by atoms with Gasteiger partial charge in [-0.1, -0.05) is 0 Å². The van der Waals surface area contributed by atoms with Crippen molar-refractivity contribution in [1.29, 1.82) is 0 Å². The van der Waals surface area contributed by atoms with Crippen LogP contribution >= 0.6 is 0 Å². The van der Waals surface area contributed by atoms with E-state index in [-0.39, 0.29) is 0 Å². The molecule has 71 heavy (non-hydrogen) atoms. The largest absolute Gasteiger partial charge is 0.394 e. The van der Waals surface area contributed by atoms with Crippen molar-refractivity contribution in [3.63, 3.8) is 0 Å². The van der Waals surface area contributed by atoms with Gasteiger partial charge in [0.05, 0.1) is 38.6 Å². The summed E-state index contributed by atoms with van der Waals surface area (Å²) in [5.74, 6) is -1.61. The van der Waals surface area contributed by atoms with Gasteiger partial charge in [0, 0.05) is 13.8 Å². The van der Waals surface area contributed by atoms with Gasteiger partial charge < -0.3 is 144 Å². The third-order valence-corrected chi connectivity index (χ3v) is 13.1. The molecule has 2 amide bonds. The van der Waals surface area contributed by atoms with E-state index in [4.69, 9.17) is 52.1 Å². The van der Waals surface area contributed by atoms with Crippen LogP contribution in [0.3, 0.4) is 0 Å². The van der Waals surface area contributed by atoms with Crippen LogP contribution in [0.4, 0.5) is 0 Å². The van der Waals surface area contributed by atoms with Crippen molar-refractivity contribution in [1.82, 2.24) is 10.6 Å². The number of aliphatic hydroxyl groups excluding tert-OH is 16. The van der Waals surface area contributed by atoms with Crippen molar-refractivity contribution in [3.05, 3.63) is 0 Å². The minimum atomic E-state index is -2.08. The average Bonchev–Trinajstić information content (AvgIpc) is 3.33. The molecule has 0 aliphatic carbocycles. The van der Waals surface area contributed by atoms with E-state index in [1.807, 2.05) is 0 Å². The fraction of sp³-hybridized carbons (Fsp3) is 0.950. The Kier molecular flexibility index (Phi) is 20.2. The quantitative estimate of drug-likeness (QED) is 0.0682. The first kappa shape index (κ1) is 58.1. The number of hydrogen-bond acceptors (Lipinski definition) is 29. The maximum Gasteiger partial charge on any atom is 0.217 e. The molecule has 31 nitrogen and oxygen atoms in total. The molecule has 6 aliphatic rings. The van der Waals surface area contributed by atoms with Crippen molar-refractivity contribution >= 4 is 11.8 Å². The summed E-state index contributed by atoms with van der Waals surface area (Å²) >= 11 is 0. The second-order valence-corrected chi connectivity index (χ2v) is 18.2. The molecule has 18 N–H and O–H groups in total. The Hall–Kier alpha value is -2.14. The molecule has 0 saturated carbocycles. The standard InChI is InChI=1S/C40H68N2O29/c1-9-19(48)24(53)28(57)37(62-9)70-33-18(42-12(4)47)36(67-15(7-45)31(33)68-39-30(59)26(55)21(50)13(5-43)65-39)61-8-16-23(52)32(17(35(60)64-16)41-11(3)46)69-40-34(27(56)22(51)14(6-44)66-40)71-38-29(58)25(54)20(49)10(2)63-38/h9-10,13-40,43-45,48-60H,5-8H2,1-4H3,(H,41,46)(H,42,47)/t9-,10-,13+,14+,15+,16+,17+,18+,19+,20+,21-,22-,23-,24+,25+,26-,27-,28-,29-,30+,31+,32+,33+,34+,35?,36+,37-,38-,39-,40-/m0/s1. The second-order valence-electron chi connectivity index (χ2n) is 18.2. The molecule has 0 spiro atoms. The third-order valence-electron chi connectivity index (χ3n) is 13.1. The van der Waals surface area contributed by atoms with Crippen LogP contribution in [0.2, 0.25) is 0 Å². The zero-order valence-corrected chi connectivity index (χ0v) is 38.6. The molecule has 6 aliphatic heterocycles. The maximum absolute atomic E-state index is 12.9. The lowest BCUT2D eigenvalue weighted by Crippen LogP contribution is -2.70. The average molecular weight is 1040 g/mol. The van der Waals surface area contributed by atoms with Gasteiger partial charge in [0.1, 0.15) is 134 Å². The summed E-state index contributed by atoms with van der Waals surface area (Å²) in [6.07, 6.45) is -50.4. The second kappa shape index (κ2) is 24.7. The summed E-state index contributed by atoms with van der Waals surface area (Å²) in [5.41, 5.74) is 0. The molecule has 0 aromatic heterocycles. The van der Waals surface area contributed by atoms with Crippen molar-refractivity contribution in [2.45, 2.75) is 212 Å². The van der Waals surface area contributed by atoms with Crippen molar-refractivity contribution in [2.75, 3.05) is 26.4 Å². The SMILES string of the molecule is CC(=O)N[C@H]1[C@H](OC[C@H]2OC(O)[C@H](NC(C)=O)[C@@H](O[C@@H]3O[C@H](CO)[C@H](O)[C@H](O)[C@H]3O[C@@H]3O[C@@H](C)[C@@H](O)[C@@H](O)[C@@H]3O)[C@H]2O)O[C@H](CO)[C@@H](O[C@@H]2O[C@H](CO)[C@H](O)[C@H](O)[C@H]2O)[C@@H]1O[C@@H]1O[C@@H](C)[C@@H](O)[C@@H](O)[C@@H]1O. The summed E-state index contributed by atoms with van der Waals surface area (Å²) in [6.45, 7) is 1.04. The van der Waals surface area contributed by atoms with E-state index in [1.165, 1.54) is 13.8 Å². The minimum absolute atomic E-state index is 0.798. The van der Waals surface area contributed by atoms with Crippen LogP contribution in [0.1, 0.15) is 27.7 Å². The Balaban J connectivity index is 1.29. The summed E-state index contributed by atoms with van der Waals surface area (Å²) < 4.78 is 64.1. The smallest absolute Gasteiger partial charge is 0.217 e. The monoisotopic (exact) mass is 1040 g/mol. The van der Waals surface area contributed by atoms with Crippen LogP contribution in [0.15, 0.2) is 0 Å². The highest BCUT2D eigenvalue weighted by Crippen LogP contribution is 2.36. The van der Waals surface area contributed by atoms with Crippen molar-refractivity contribution < 1.29 is 143 Å². The number of hydrogen-bond donors (Lipinski definition) is 18. The topological polar surface area (TPSA) is 483 Å². The van der Waals surface area contributed by atoms with Crippen LogP contribution in [0.25, 0.3) is 0 Å². The Morgan fingerprint density at radius 2 is 0.803 bits per heavy atom. The van der Waals surface area contributed by atoms with Crippen LogP contribution in [0, 0.1) is 0 Å². The molecule has 0 aromatic rings. The highest BCUT2D eigenvalue weighted by atomic mass is 16.8. The van der Waals surface area contributed by atoms with Gasteiger partial charge in [0.25, 0.3) is 0 Å². The molecular formula is C40H68N2O29. The van der Waals surface area contributed by atoms with Crippen LogP contribution in [0.5, 0.6) is 0 Å².